The molecule has 1 amide bonds. The fourth-order valence-corrected chi connectivity index (χ4v) is 3.73. The summed E-state index contributed by atoms with van der Waals surface area (Å²) in [4.78, 5) is 20.9. The molecule has 0 bridgehead atoms. The van der Waals surface area contributed by atoms with Gasteiger partial charge in [-0.05, 0) is 6.92 Å². The lowest BCUT2D eigenvalue weighted by Gasteiger charge is -2.22. The summed E-state index contributed by atoms with van der Waals surface area (Å²) in [6.45, 7) is 6.45. The molecule has 0 N–H and O–H groups in total. The number of aryl methyl sites for hydroxylation is 2. The molecule has 2 aromatic heterocycles. The monoisotopic (exact) mass is 345 g/mol. The van der Waals surface area contributed by atoms with Crippen LogP contribution in [0.1, 0.15) is 21.8 Å². The molecule has 25 heavy (non-hydrogen) atoms. The zero-order valence-corrected chi connectivity index (χ0v) is 14.6. The van der Waals surface area contributed by atoms with Crippen LogP contribution in [-0.4, -0.2) is 69.4 Å². The maximum atomic E-state index is 12.6. The van der Waals surface area contributed by atoms with E-state index in [-0.39, 0.29) is 12.0 Å². The first-order valence-corrected chi connectivity index (χ1v) is 8.61. The van der Waals surface area contributed by atoms with Gasteiger partial charge in [0.1, 0.15) is 0 Å². The molecule has 4 heterocycles. The van der Waals surface area contributed by atoms with Crippen LogP contribution in [0.2, 0.25) is 0 Å². The van der Waals surface area contributed by atoms with E-state index < -0.39 is 0 Å². The number of rotatable bonds is 3. The number of carbonyl (C=O) groups excluding carboxylic acids is 1. The highest BCUT2D eigenvalue weighted by atomic mass is 16.5. The van der Waals surface area contributed by atoms with Gasteiger partial charge in [0, 0.05) is 57.4 Å². The van der Waals surface area contributed by atoms with E-state index in [9.17, 15) is 4.79 Å². The third-order valence-electron chi connectivity index (χ3n) is 5.00. The summed E-state index contributed by atoms with van der Waals surface area (Å²) in [5, 5.41) is 4.23. The maximum absolute atomic E-state index is 12.6. The van der Waals surface area contributed by atoms with Crippen LogP contribution in [0.4, 0.5) is 0 Å². The molecule has 2 aliphatic rings. The number of likely N-dealkylation sites (tertiary alicyclic amines) is 1. The topological polar surface area (TPSA) is 76.6 Å². The lowest BCUT2D eigenvalue weighted by Crippen LogP contribution is -2.33. The Kier molecular flexibility index (Phi) is 4.30. The molecular formula is C17H23N5O3. The third-order valence-corrected chi connectivity index (χ3v) is 5.00. The minimum Gasteiger partial charge on any atom is -0.438 e. The van der Waals surface area contributed by atoms with Crippen LogP contribution in [0.15, 0.2) is 23.2 Å². The van der Waals surface area contributed by atoms with Gasteiger partial charge in [0.05, 0.1) is 24.6 Å². The van der Waals surface area contributed by atoms with Crippen molar-refractivity contribution in [3.05, 3.63) is 35.8 Å². The lowest BCUT2D eigenvalue weighted by atomic mass is 10.1. The number of aromatic nitrogens is 3. The molecule has 0 aromatic carbocycles. The normalized spacial score (nSPS) is 24.3. The Bertz CT molecular complexity index is 755. The van der Waals surface area contributed by atoms with Crippen molar-refractivity contribution in [1.82, 2.24) is 24.6 Å². The van der Waals surface area contributed by atoms with E-state index >= 15 is 0 Å². The molecule has 134 valence electrons. The van der Waals surface area contributed by atoms with E-state index in [0.717, 1.165) is 19.6 Å². The predicted molar refractivity (Wildman–Crippen MR) is 88.9 cm³/mol. The quantitative estimate of drug-likeness (QED) is 0.815. The molecule has 2 aliphatic heterocycles. The number of amides is 1. The SMILES string of the molecule is Cc1ncoc1C(=O)N1C[C@@H]2CN(Cc3cnn(C)c3)CCO[C@@H]2C1. The van der Waals surface area contributed by atoms with Gasteiger partial charge in [-0.25, -0.2) is 4.98 Å². The fourth-order valence-electron chi connectivity index (χ4n) is 3.73. The van der Waals surface area contributed by atoms with Crippen molar-refractivity contribution in [1.29, 1.82) is 0 Å². The lowest BCUT2D eigenvalue weighted by molar-refractivity contribution is 0.0476. The molecule has 0 aliphatic carbocycles. The molecule has 0 unspecified atom stereocenters. The molecule has 0 saturated carbocycles. The Morgan fingerprint density at radius 2 is 2.24 bits per heavy atom. The van der Waals surface area contributed by atoms with Crippen molar-refractivity contribution in [2.45, 2.75) is 19.6 Å². The van der Waals surface area contributed by atoms with Gasteiger partial charge >= 0.3 is 0 Å². The average molecular weight is 345 g/mol. The molecule has 8 nitrogen and oxygen atoms in total. The van der Waals surface area contributed by atoms with Gasteiger partial charge in [-0.2, -0.15) is 5.10 Å². The smallest absolute Gasteiger partial charge is 0.291 e. The minimum atomic E-state index is -0.0921. The third kappa shape index (κ3) is 3.32. The molecule has 0 spiro atoms. The Balaban J connectivity index is 1.42. The van der Waals surface area contributed by atoms with Crippen LogP contribution < -0.4 is 0 Å². The van der Waals surface area contributed by atoms with Crippen molar-refractivity contribution < 1.29 is 13.9 Å². The molecule has 8 heteroatoms. The first-order valence-electron chi connectivity index (χ1n) is 8.61. The van der Waals surface area contributed by atoms with Crippen molar-refractivity contribution in [2.24, 2.45) is 13.0 Å². The molecule has 2 saturated heterocycles. The Morgan fingerprint density at radius 1 is 1.36 bits per heavy atom. The van der Waals surface area contributed by atoms with Gasteiger partial charge in [0.2, 0.25) is 5.76 Å². The summed E-state index contributed by atoms with van der Waals surface area (Å²) in [6, 6.07) is 0. The van der Waals surface area contributed by atoms with Gasteiger partial charge in [-0.15, -0.1) is 0 Å². The molecule has 2 atom stereocenters. The van der Waals surface area contributed by atoms with E-state index in [4.69, 9.17) is 9.15 Å². The number of ether oxygens (including phenoxy) is 1. The molecule has 4 rings (SSSR count). The van der Waals surface area contributed by atoms with Gasteiger partial charge in [-0.1, -0.05) is 0 Å². The van der Waals surface area contributed by atoms with E-state index in [1.165, 1.54) is 12.0 Å². The van der Waals surface area contributed by atoms with E-state index in [2.05, 4.69) is 15.0 Å². The second kappa shape index (κ2) is 6.61. The standard InChI is InChI=1S/C17H23N5O3/c1-12-16(25-11-18-12)17(23)22-9-14-8-21(3-4-24-15(14)10-22)7-13-5-19-20(2)6-13/h5-6,11,14-15H,3-4,7-10H2,1-2H3/t14-,15+/m0/s1. The van der Waals surface area contributed by atoms with Crippen LogP contribution in [0.3, 0.4) is 0 Å². The van der Waals surface area contributed by atoms with Crippen LogP contribution in [0.25, 0.3) is 0 Å². The van der Waals surface area contributed by atoms with E-state index in [1.54, 1.807) is 6.92 Å². The molecule has 2 aromatic rings. The summed E-state index contributed by atoms with van der Waals surface area (Å²) in [5.41, 5.74) is 1.83. The Labute approximate surface area is 146 Å². The number of carbonyl (C=O) groups is 1. The van der Waals surface area contributed by atoms with Gasteiger partial charge in [-0.3, -0.25) is 14.4 Å². The average Bonchev–Trinajstić information content (AvgIpc) is 3.26. The highest BCUT2D eigenvalue weighted by Crippen LogP contribution is 2.26. The Morgan fingerprint density at radius 3 is 2.96 bits per heavy atom. The largest absolute Gasteiger partial charge is 0.438 e. The maximum Gasteiger partial charge on any atom is 0.291 e. The van der Waals surface area contributed by atoms with Crippen molar-refractivity contribution >= 4 is 5.91 Å². The van der Waals surface area contributed by atoms with Crippen LogP contribution >= 0.6 is 0 Å². The number of nitrogens with zero attached hydrogens (tertiary/aromatic N) is 5. The highest BCUT2D eigenvalue weighted by Gasteiger charge is 2.39. The minimum absolute atomic E-state index is 0.0890. The first kappa shape index (κ1) is 16.3. The van der Waals surface area contributed by atoms with E-state index in [1.807, 2.05) is 29.0 Å². The Hall–Kier alpha value is -2.19. The first-order chi connectivity index (χ1) is 12.1. The zero-order chi connectivity index (χ0) is 17.4. The van der Waals surface area contributed by atoms with Crippen molar-refractivity contribution in [3.63, 3.8) is 0 Å². The zero-order valence-electron chi connectivity index (χ0n) is 14.6. The van der Waals surface area contributed by atoms with Crippen molar-refractivity contribution in [3.8, 4) is 0 Å². The second-order valence-corrected chi connectivity index (χ2v) is 6.90. The summed E-state index contributed by atoms with van der Waals surface area (Å²) < 4.78 is 13.1. The summed E-state index contributed by atoms with van der Waals surface area (Å²) in [5.74, 6) is 0.556. The van der Waals surface area contributed by atoms with Gasteiger partial charge < -0.3 is 14.1 Å². The second-order valence-electron chi connectivity index (χ2n) is 6.90. The molecular weight excluding hydrogens is 322 g/mol. The van der Waals surface area contributed by atoms with Crippen LogP contribution in [0.5, 0.6) is 0 Å². The summed E-state index contributed by atoms with van der Waals surface area (Å²) in [6.07, 6.45) is 5.36. The number of fused-ring (bicyclic) bond motifs is 1. The van der Waals surface area contributed by atoms with Crippen molar-refractivity contribution in [2.75, 3.05) is 32.8 Å². The number of hydrogen-bond donors (Lipinski definition) is 0. The summed E-state index contributed by atoms with van der Waals surface area (Å²) >= 11 is 0. The number of hydrogen-bond acceptors (Lipinski definition) is 6. The van der Waals surface area contributed by atoms with Gasteiger partial charge in [0.25, 0.3) is 5.91 Å². The predicted octanol–water partition coefficient (Wildman–Crippen LogP) is 0.690. The van der Waals surface area contributed by atoms with Crippen LogP contribution in [0, 0.1) is 12.8 Å². The fraction of sp³-hybridized carbons (Fsp3) is 0.588. The summed E-state index contributed by atoms with van der Waals surface area (Å²) in [7, 11) is 1.93. The number of oxazole rings is 1. The molecule has 0 radical (unpaired) electrons. The van der Waals surface area contributed by atoms with Crippen LogP contribution in [-0.2, 0) is 18.3 Å². The van der Waals surface area contributed by atoms with E-state index in [0.29, 0.717) is 37.1 Å². The van der Waals surface area contributed by atoms with Gasteiger partial charge in [0.15, 0.2) is 6.39 Å². The highest BCUT2D eigenvalue weighted by molar-refractivity contribution is 5.92. The molecule has 2 fully saturated rings.